The Kier molecular flexibility index (Phi) is 6.75. The molecule has 2 aromatic carbocycles. The summed E-state index contributed by atoms with van der Waals surface area (Å²) in [5.41, 5.74) is 2.05. The molecule has 7 heteroatoms. The minimum atomic E-state index is 0.139. The van der Waals surface area contributed by atoms with Gasteiger partial charge in [0.15, 0.2) is 0 Å². The molecule has 2 heterocycles. The van der Waals surface area contributed by atoms with Crippen LogP contribution in [0.15, 0.2) is 60.7 Å². The van der Waals surface area contributed by atoms with Gasteiger partial charge in [0.05, 0.1) is 12.2 Å². The van der Waals surface area contributed by atoms with Crippen LogP contribution in [0.5, 0.6) is 5.75 Å². The van der Waals surface area contributed by atoms with E-state index < -0.39 is 0 Å². The first-order chi connectivity index (χ1) is 15.5. The molecular formula is C25H31N5O2. The van der Waals surface area contributed by atoms with E-state index in [0.29, 0.717) is 12.6 Å². The number of benzene rings is 2. The lowest BCUT2D eigenvalue weighted by atomic mass is 10.2. The van der Waals surface area contributed by atoms with E-state index >= 15 is 0 Å². The predicted molar refractivity (Wildman–Crippen MR) is 129 cm³/mol. The second kappa shape index (κ2) is 9.87. The van der Waals surface area contributed by atoms with Crippen molar-refractivity contribution >= 4 is 23.3 Å². The van der Waals surface area contributed by atoms with Crippen molar-refractivity contribution in [3.05, 3.63) is 66.2 Å². The molecule has 2 atom stereocenters. The van der Waals surface area contributed by atoms with Gasteiger partial charge >= 0.3 is 0 Å². The Morgan fingerprint density at radius 3 is 2.47 bits per heavy atom. The molecule has 4 rings (SSSR count). The molecule has 0 bridgehead atoms. The molecule has 168 valence electrons. The highest BCUT2D eigenvalue weighted by Crippen LogP contribution is 2.26. The zero-order chi connectivity index (χ0) is 22.5. The fraction of sp³-hybridized carbons (Fsp3) is 0.360. The lowest BCUT2D eigenvalue weighted by molar-refractivity contribution is -0.00570. The Morgan fingerprint density at radius 2 is 1.75 bits per heavy atom. The number of ether oxygens (including phenoxy) is 2. The van der Waals surface area contributed by atoms with Gasteiger partial charge in [-0.2, -0.15) is 9.97 Å². The summed E-state index contributed by atoms with van der Waals surface area (Å²) < 4.78 is 11.8. The highest BCUT2D eigenvalue weighted by Gasteiger charge is 2.25. The molecule has 1 saturated heterocycles. The van der Waals surface area contributed by atoms with Crippen molar-refractivity contribution in [3.8, 4) is 5.75 Å². The summed E-state index contributed by atoms with van der Waals surface area (Å²) in [4.78, 5) is 13.8. The minimum Gasteiger partial charge on any atom is -0.489 e. The molecule has 0 saturated carbocycles. The van der Waals surface area contributed by atoms with Crippen molar-refractivity contribution in [3.63, 3.8) is 0 Å². The first-order valence-electron chi connectivity index (χ1n) is 11.0. The number of hydrogen-bond acceptors (Lipinski definition) is 7. The Hall–Kier alpha value is -3.32. The van der Waals surface area contributed by atoms with E-state index in [0.717, 1.165) is 41.7 Å². The summed E-state index contributed by atoms with van der Waals surface area (Å²) >= 11 is 0. The second-order valence-corrected chi connectivity index (χ2v) is 8.40. The molecule has 0 spiro atoms. The molecule has 1 aliphatic rings. The van der Waals surface area contributed by atoms with Gasteiger partial charge in [-0.15, -0.1) is 0 Å². The SMILES string of the molecule is CC1CN(c2nc(Nc3cccc(OCc4ccccc4)c3)cc(N(C)C)n2)CC(C)O1. The predicted octanol–water partition coefficient (Wildman–Crippen LogP) is 4.48. The highest BCUT2D eigenvalue weighted by molar-refractivity contribution is 5.63. The molecular weight excluding hydrogens is 402 g/mol. The van der Waals surface area contributed by atoms with Crippen LogP contribution in [-0.4, -0.2) is 49.4 Å². The fourth-order valence-electron chi connectivity index (χ4n) is 3.75. The summed E-state index contributed by atoms with van der Waals surface area (Å²) in [6, 6.07) is 20.0. The van der Waals surface area contributed by atoms with Crippen LogP contribution >= 0.6 is 0 Å². The summed E-state index contributed by atoms with van der Waals surface area (Å²) in [5, 5.41) is 3.42. The van der Waals surface area contributed by atoms with Gasteiger partial charge in [-0.1, -0.05) is 36.4 Å². The van der Waals surface area contributed by atoms with Gasteiger partial charge in [0, 0.05) is 45.0 Å². The average Bonchev–Trinajstić information content (AvgIpc) is 2.78. The Labute approximate surface area is 190 Å². The lowest BCUT2D eigenvalue weighted by Crippen LogP contribution is -2.46. The number of rotatable bonds is 7. The highest BCUT2D eigenvalue weighted by atomic mass is 16.5. The average molecular weight is 434 g/mol. The summed E-state index contributed by atoms with van der Waals surface area (Å²) in [7, 11) is 3.97. The number of nitrogens with zero attached hydrogens (tertiary/aromatic N) is 4. The number of hydrogen-bond donors (Lipinski definition) is 1. The molecule has 0 radical (unpaired) electrons. The van der Waals surface area contributed by atoms with Gasteiger partial charge in [0.1, 0.15) is 24.0 Å². The van der Waals surface area contributed by atoms with Crippen LogP contribution in [0.2, 0.25) is 0 Å². The molecule has 0 amide bonds. The summed E-state index contributed by atoms with van der Waals surface area (Å²) in [5.74, 6) is 3.10. The van der Waals surface area contributed by atoms with Crippen LogP contribution in [0.4, 0.5) is 23.3 Å². The number of anilines is 4. The number of nitrogens with one attached hydrogen (secondary N) is 1. The van der Waals surface area contributed by atoms with Crippen LogP contribution in [0.3, 0.4) is 0 Å². The van der Waals surface area contributed by atoms with Crippen LogP contribution in [-0.2, 0) is 11.3 Å². The first-order valence-corrected chi connectivity index (χ1v) is 11.0. The van der Waals surface area contributed by atoms with Crippen molar-refractivity contribution in [2.24, 2.45) is 0 Å². The van der Waals surface area contributed by atoms with Crippen molar-refractivity contribution in [1.82, 2.24) is 9.97 Å². The number of aromatic nitrogens is 2. The molecule has 1 fully saturated rings. The molecule has 0 aliphatic carbocycles. The first kappa shape index (κ1) is 21.9. The van der Waals surface area contributed by atoms with Gasteiger partial charge < -0.3 is 24.6 Å². The molecule has 3 aromatic rings. The fourth-order valence-corrected chi connectivity index (χ4v) is 3.75. The van der Waals surface area contributed by atoms with Gasteiger partial charge in [0.25, 0.3) is 0 Å². The van der Waals surface area contributed by atoms with Crippen LogP contribution in [0.25, 0.3) is 0 Å². The van der Waals surface area contributed by atoms with Crippen LogP contribution < -0.4 is 19.9 Å². The normalized spacial score (nSPS) is 18.3. The van der Waals surface area contributed by atoms with Gasteiger partial charge in [-0.3, -0.25) is 0 Å². The zero-order valence-corrected chi connectivity index (χ0v) is 19.2. The smallest absolute Gasteiger partial charge is 0.229 e. The molecule has 2 unspecified atom stereocenters. The van der Waals surface area contributed by atoms with Crippen molar-refractivity contribution in [2.45, 2.75) is 32.7 Å². The maximum Gasteiger partial charge on any atom is 0.229 e. The zero-order valence-electron chi connectivity index (χ0n) is 19.2. The van der Waals surface area contributed by atoms with E-state index in [2.05, 4.69) is 36.2 Å². The van der Waals surface area contributed by atoms with Crippen molar-refractivity contribution < 1.29 is 9.47 Å². The van der Waals surface area contributed by atoms with Gasteiger partial charge in [-0.05, 0) is 31.5 Å². The topological polar surface area (TPSA) is 62.8 Å². The van der Waals surface area contributed by atoms with Crippen molar-refractivity contribution in [2.75, 3.05) is 42.3 Å². The van der Waals surface area contributed by atoms with E-state index in [-0.39, 0.29) is 12.2 Å². The largest absolute Gasteiger partial charge is 0.489 e. The Bertz CT molecular complexity index is 1020. The third kappa shape index (κ3) is 5.68. The molecule has 1 N–H and O–H groups in total. The van der Waals surface area contributed by atoms with E-state index in [1.807, 2.05) is 67.5 Å². The quantitative estimate of drug-likeness (QED) is 0.589. The van der Waals surface area contributed by atoms with Crippen LogP contribution in [0.1, 0.15) is 19.4 Å². The van der Waals surface area contributed by atoms with E-state index in [9.17, 15) is 0 Å². The minimum absolute atomic E-state index is 0.139. The third-order valence-electron chi connectivity index (χ3n) is 5.22. The standard InChI is InChI=1S/C25H31N5O2/c1-18-15-30(16-19(2)32-18)25-27-23(14-24(28-25)29(3)4)26-21-11-8-12-22(13-21)31-17-20-9-6-5-7-10-20/h5-14,18-19H,15-17H2,1-4H3,(H,26,27,28). The van der Waals surface area contributed by atoms with Crippen molar-refractivity contribution in [1.29, 1.82) is 0 Å². The molecule has 1 aromatic heterocycles. The monoisotopic (exact) mass is 433 g/mol. The van der Waals surface area contributed by atoms with Gasteiger partial charge in [-0.25, -0.2) is 0 Å². The van der Waals surface area contributed by atoms with E-state index in [4.69, 9.17) is 19.4 Å². The third-order valence-corrected chi connectivity index (χ3v) is 5.22. The van der Waals surface area contributed by atoms with Gasteiger partial charge in [0.2, 0.25) is 5.95 Å². The Morgan fingerprint density at radius 1 is 1.00 bits per heavy atom. The van der Waals surface area contributed by atoms with E-state index in [1.54, 1.807) is 0 Å². The Balaban J connectivity index is 1.52. The molecule has 1 aliphatic heterocycles. The summed E-state index contributed by atoms with van der Waals surface area (Å²) in [6.45, 7) is 6.23. The molecule has 32 heavy (non-hydrogen) atoms. The van der Waals surface area contributed by atoms with Crippen LogP contribution in [0, 0.1) is 0 Å². The number of morpholine rings is 1. The lowest BCUT2D eigenvalue weighted by Gasteiger charge is -2.35. The maximum atomic E-state index is 5.97. The molecule has 7 nitrogen and oxygen atoms in total. The second-order valence-electron chi connectivity index (χ2n) is 8.40. The summed E-state index contributed by atoms with van der Waals surface area (Å²) in [6.07, 6.45) is 0.278. The maximum absolute atomic E-state index is 5.97. The van der Waals surface area contributed by atoms with E-state index in [1.165, 1.54) is 0 Å².